The van der Waals surface area contributed by atoms with E-state index >= 15 is 0 Å². The van der Waals surface area contributed by atoms with Crippen LogP contribution in [0.25, 0.3) is 0 Å². The number of hydrogen-bond donors (Lipinski definition) is 1. The van der Waals surface area contributed by atoms with Crippen molar-refractivity contribution in [2.75, 3.05) is 0 Å². The molecule has 0 aromatic rings. The molecule has 0 bridgehead atoms. The summed E-state index contributed by atoms with van der Waals surface area (Å²) in [6.45, 7) is 6.70. The lowest BCUT2D eigenvalue weighted by Crippen LogP contribution is -2.64. The summed E-state index contributed by atoms with van der Waals surface area (Å²) >= 11 is 0. The first-order valence-corrected chi connectivity index (χ1v) is 4.77. The topological polar surface area (TPSA) is 29.1 Å². The first kappa shape index (κ1) is 8.09. The predicted octanol–water partition coefficient (Wildman–Crippen LogP) is 1.70. The predicted molar refractivity (Wildman–Crippen MR) is 47.7 cm³/mol. The van der Waals surface area contributed by atoms with Gasteiger partial charge in [0.2, 0.25) is 5.91 Å². The van der Waals surface area contributed by atoms with Crippen LogP contribution in [-0.4, -0.2) is 11.9 Å². The summed E-state index contributed by atoms with van der Waals surface area (Å²) in [5.41, 5.74) is 0.648. The fourth-order valence-corrected chi connectivity index (χ4v) is 2.78. The SMILES string of the molecule is CC1NC(=O)CC2(C)CCC12C. The van der Waals surface area contributed by atoms with Gasteiger partial charge in [-0.3, -0.25) is 4.79 Å². The van der Waals surface area contributed by atoms with Gasteiger partial charge in [-0.1, -0.05) is 13.8 Å². The smallest absolute Gasteiger partial charge is 0.220 e. The van der Waals surface area contributed by atoms with Gasteiger partial charge in [0.15, 0.2) is 0 Å². The van der Waals surface area contributed by atoms with E-state index in [0.29, 0.717) is 11.5 Å². The molecule has 2 rings (SSSR count). The molecule has 0 aromatic heterocycles. The van der Waals surface area contributed by atoms with Gasteiger partial charge in [-0.15, -0.1) is 0 Å². The molecule has 68 valence electrons. The van der Waals surface area contributed by atoms with Gasteiger partial charge in [0.25, 0.3) is 0 Å². The lowest BCUT2D eigenvalue weighted by Gasteiger charge is -2.62. The maximum atomic E-state index is 11.3. The Labute approximate surface area is 73.7 Å². The molecule has 2 fully saturated rings. The third kappa shape index (κ3) is 0.732. The summed E-state index contributed by atoms with van der Waals surface area (Å²) in [4.78, 5) is 11.3. The average molecular weight is 167 g/mol. The third-order valence-corrected chi connectivity index (χ3v) is 4.46. The highest BCUT2D eigenvalue weighted by molar-refractivity contribution is 5.78. The van der Waals surface area contributed by atoms with Crippen LogP contribution in [-0.2, 0) is 4.79 Å². The average Bonchev–Trinajstić information content (AvgIpc) is 1.98. The summed E-state index contributed by atoms with van der Waals surface area (Å²) in [5.74, 6) is 0.238. The summed E-state index contributed by atoms with van der Waals surface area (Å²) in [7, 11) is 0. The van der Waals surface area contributed by atoms with Gasteiger partial charge in [-0.25, -0.2) is 0 Å². The van der Waals surface area contributed by atoms with Gasteiger partial charge >= 0.3 is 0 Å². The van der Waals surface area contributed by atoms with Crippen LogP contribution in [0.15, 0.2) is 0 Å². The Balaban J connectivity index is 2.28. The Morgan fingerprint density at radius 2 is 2.08 bits per heavy atom. The normalized spacial score (nSPS) is 52.2. The van der Waals surface area contributed by atoms with Gasteiger partial charge in [-0.2, -0.15) is 0 Å². The lowest BCUT2D eigenvalue weighted by atomic mass is 9.46. The first-order valence-electron chi connectivity index (χ1n) is 4.77. The molecule has 2 nitrogen and oxygen atoms in total. The molecule has 1 aliphatic heterocycles. The summed E-state index contributed by atoms with van der Waals surface area (Å²) in [6.07, 6.45) is 3.22. The molecule has 2 aliphatic rings. The maximum Gasteiger partial charge on any atom is 0.220 e. The van der Waals surface area contributed by atoms with Crippen molar-refractivity contribution in [2.45, 2.75) is 46.1 Å². The van der Waals surface area contributed by atoms with Crippen molar-refractivity contribution < 1.29 is 4.79 Å². The zero-order valence-electron chi connectivity index (χ0n) is 8.11. The molecular formula is C10H17NO. The number of amides is 1. The van der Waals surface area contributed by atoms with Crippen LogP contribution >= 0.6 is 0 Å². The van der Waals surface area contributed by atoms with Crippen LogP contribution in [0.2, 0.25) is 0 Å². The molecule has 0 radical (unpaired) electrons. The van der Waals surface area contributed by atoms with Crippen LogP contribution in [0.4, 0.5) is 0 Å². The molecule has 1 saturated carbocycles. The van der Waals surface area contributed by atoms with Crippen LogP contribution < -0.4 is 5.32 Å². The maximum absolute atomic E-state index is 11.3. The molecule has 3 unspecified atom stereocenters. The molecule has 12 heavy (non-hydrogen) atoms. The van der Waals surface area contributed by atoms with E-state index in [9.17, 15) is 4.79 Å². The van der Waals surface area contributed by atoms with Crippen molar-refractivity contribution in [1.82, 2.24) is 5.32 Å². The van der Waals surface area contributed by atoms with Crippen LogP contribution in [0.1, 0.15) is 40.0 Å². The summed E-state index contributed by atoms with van der Waals surface area (Å²) in [5, 5.41) is 3.04. The fraction of sp³-hybridized carbons (Fsp3) is 0.900. The molecule has 1 saturated heterocycles. The second kappa shape index (κ2) is 2.04. The standard InChI is InChI=1S/C10H17NO/c1-7-10(3)5-4-9(10,2)6-8(12)11-7/h7H,4-6H2,1-3H3,(H,11,12). The van der Waals surface area contributed by atoms with Gasteiger partial charge in [0.05, 0.1) is 0 Å². The minimum Gasteiger partial charge on any atom is -0.353 e. The molecule has 2 heteroatoms. The van der Waals surface area contributed by atoms with Gasteiger partial charge < -0.3 is 5.32 Å². The molecule has 1 aliphatic carbocycles. The number of rotatable bonds is 0. The van der Waals surface area contributed by atoms with Crippen molar-refractivity contribution in [3.63, 3.8) is 0 Å². The molecular weight excluding hydrogens is 150 g/mol. The lowest BCUT2D eigenvalue weighted by molar-refractivity contribution is -0.151. The summed E-state index contributed by atoms with van der Waals surface area (Å²) < 4.78 is 0. The zero-order valence-corrected chi connectivity index (χ0v) is 8.11. The van der Waals surface area contributed by atoms with Crippen molar-refractivity contribution in [1.29, 1.82) is 0 Å². The van der Waals surface area contributed by atoms with E-state index in [1.54, 1.807) is 0 Å². The number of fused-ring (bicyclic) bond motifs is 1. The van der Waals surface area contributed by atoms with E-state index in [1.807, 2.05) is 0 Å². The molecule has 1 amide bonds. The monoisotopic (exact) mass is 167 g/mol. The van der Waals surface area contributed by atoms with Gasteiger partial charge in [0.1, 0.15) is 0 Å². The van der Waals surface area contributed by atoms with Crippen molar-refractivity contribution in [2.24, 2.45) is 10.8 Å². The number of nitrogens with one attached hydrogen (secondary N) is 1. The van der Waals surface area contributed by atoms with Crippen molar-refractivity contribution in [3.8, 4) is 0 Å². The zero-order chi connectivity index (χ0) is 8.98. The highest BCUT2D eigenvalue weighted by Gasteiger charge is 2.58. The minimum absolute atomic E-state index is 0.238. The van der Waals surface area contributed by atoms with E-state index in [2.05, 4.69) is 26.1 Å². The molecule has 3 atom stereocenters. The minimum atomic E-state index is 0.238. The van der Waals surface area contributed by atoms with E-state index in [-0.39, 0.29) is 11.3 Å². The largest absolute Gasteiger partial charge is 0.353 e. The van der Waals surface area contributed by atoms with E-state index in [0.717, 1.165) is 6.42 Å². The van der Waals surface area contributed by atoms with Gasteiger partial charge in [0, 0.05) is 12.5 Å². The Hall–Kier alpha value is -0.530. The van der Waals surface area contributed by atoms with Crippen molar-refractivity contribution in [3.05, 3.63) is 0 Å². The number of carbonyl (C=O) groups excluding carboxylic acids is 1. The first-order chi connectivity index (χ1) is 5.48. The number of piperidine rings is 1. The molecule has 0 aromatic carbocycles. The second-order valence-electron chi connectivity index (χ2n) is 4.94. The fourth-order valence-electron chi connectivity index (χ4n) is 2.78. The molecule has 1 N–H and O–H groups in total. The number of hydrogen-bond acceptors (Lipinski definition) is 1. The Bertz CT molecular complexity index is 238. The Kier molecular flexibility index (Phi) is 1.37. The summed E-state index contributed by atoms with van der Waals surface area (Å²) in [6, 6.07) is 0.359. The van der Waals surface area contributed by atoms with Gasteiger partial charge in [-0.05, 0) is 30.6 Å². The second-order valence-corrected chi connectivity index (χ2v) is 4.94. The third-order valence-electron chi connectivity index (χ3n) is 4.46. The number of carbonyl (C=O) groups is 1. The van der Waals surface area contributed by atoms with Crippen LogP contribution in [0.5, 0.6) is 0 Å². The van der Waals surface area contributed by atoms with Crippen molar-refractivity contribution >= 4 is 5.91 Å². The molecule has 1 heterocycles. The molecule has 0 spiro atoms. The van der Waals surface area contributed by atoms with Crippen LogP contribution in [0, 0.1) is 10.8 Å². The highest BCUT2D eigenvalue weighted by Crippen LogP contribution is 2.61. The quantitative estimate of drug-likeness (QED) is 0.584. The van der Waals surface area contributed by atoms with E-state index in [4.69, 9.17) is 0 Å². The van der Waals surface area contributed by atoms with E-state index in [1.165, 1.54) is 12.8 Å². The Morgan fingerprint density at radius 1 is 1.42 bits per heavy atom. The van der Waals surface area contributed by atoms with Crippen LogP contribution in [0.3, 0.4) is 0 Å². The van der Waals surface area contributed by atoms with E-state index < -0.39 is 0 Å². The highest BCUT2D eigenvalue weighted by atomic mass is 16.1. The Morgan fingerprint density at radius 3 is 2.50 bits per heavy atom.